The third-order valence-corrected chi connectivity index (χ3v) is 4.47. The highest BCUT2D eigenvalue weighted by atomic mass is 16.5. The molecular formula is C16H23N3O3. The van der Waals surface area contributed by atoms with E-state index in [0.717, 1.165) is 39.1 Å². The van der Waals surface area contributed by atoms with Crippen LogP contribution >= 0.6 is 0 Å². The molecule has 0 radical (unpaired) electrons. The summed E-state index contributed by atoms with van der Waals surface area (Å²) in [4.78, 5) is 18.7. The Kier molecular flexibility index (Phi) is 5.02. The Morgan fingerprint density at radius 1 is 1.59 bits per heavy atom. The Labute approximate surface area is 130 Å². The lowest BCUT2D eigenvalue weighted by Crippen LogP contribution is -2.43. The number of piperidine rings is 1. The maximum absolute atomic E-state index is 12.3. The van der Waals surface area contributed by atoms with E-state index in [1.807, 2.05) is 6.07 Å². The summed E-state index contributed by atoms with van der Waals surface area (Å²) in [6, 6.07) is 3.64. The molecule has 2 aliphatic heterocycles. The fourth-order valence-electron chi connectivity index (χ4n) is 3.25. The van der Waals surface area contributed by atoms with Crippen molar-refractivity contribution in [1.82, 2.24) is 9.88 Å². The molecule has 1 aromatic heterocycles. The van der Waals surface area contributed by atoms with E-state index >= 15 is 0 Å². The topological polar surface area (TPSA) is 63.7 Å². The summed E-state index contributed by atoms with van der Waals surface area (Å²) in [5, 5.41) is 2.88. The van der Waals surface area contributed by atoms with Crippen LogP contribution < -0.4 is 5.32 Å². The van der Waals surface area contributed by atoms with E-state index in [-0.39, 0.29) is 18.1 Å². The maximum atomic E-state index is 12.3. The lowest BCUT2D eigenvalue weighted by Gasteiger charge is -2.33. The van der Waals surface area contributed by atoms with Crippen LogP contribution in [-0.2, 0) is 14.3 Å². The van der Waals surface area contributed by atoms with Gasteiger partial charge in [-0.2, -0.15) is 0 Å². The van der Waals surface area contributed by atoms with Gasteiger partial charge >= 0.3 is 0 Å². The molecule has 1 aromatic rings. The minimum atomic E-state index is -0.349. The normalized spacial score (nSPS) is 28.3. The molecule has 0 saturated carbocycles. The van der Waals surface area contributed by atoms with E-state index in [1.54, 1.807) is 25.6 Å². The summed E-state index contributed by atoms with van der Waals surface area (Å²) in [6.45, 7) is 3.62. The molecule has 6 heteroatoms. The van der Waals surface area contributed by atoms with Gasteiger partial charge in [0, 0.05) is 26.4 Å². The van der Waals surface area contributed by atoms with E-state index in [0.29, 0.717) is 11.6 Å². The average molecular weight is 305 g/mol. The van der Waals surface area contributed by atoms with Gasteiger partial charge < -0.3 is 14.8 Å². The molecule has 0 bridgehead atoms. The summed E-state index contributed by atoms with van der Waals surface area (Å²) in [5.41, 5.74) is 0.715. The first-order valence-corrected chi connectivity index (χ1v) is 7.84. The number of methoxy groups -OCH3 is 1. The summed E-state index contributed by atoms with van der Waals surface area (Å²) in [7, 11) is 1.72. The van der Waals surface area contributed by atoms with E-state index < -0.39 is 0 Å². The first kappa shape index (κ1) is 15.4. The van der Waals surface area contributed by atoms with Crippen molar-refractivity contribution in [3.05, 3.63) is 24.5 Å². The van der Waals surface area contributed by atoms with Gasteiger partial charge in [-0.1, -0.05) is 0 Å². The molecule has 1 N–H and O–H groups in total. The standard InChI is InChI=1S/C16H23N3O3/c1-21-8-7-19-6-4-12-9-14(22-15(12)11-19)16(20)18-13-3-2-5-17-10-13/h2-3,5,10,12,14-15H,4,6-9,11H2,1H3,(H,18,20)/t12-,14-,15+/m0/s1. The predicted molar refractivity (Wildman–Crippen MR) is 82.6 cm³/mol. The van der Waals surface area contributed by atoms with Gasteiger partial charge in [0.15, 0.2) is 0 Å². The minimum absolute atomic E-state index is 0.0640. The van der Waals surface area contributed by atoms with Crippen LogP contribution in [0.1, 0.15) is 12.8 Å². The molecule has 0 aromatic carbocycles. The van der Waals surface area contributed by atoms with Crippen LogP contribution in [-0.4, -0.2) is 61.3 Å². The zero-order valence-electron chi connectivity index (χ0n) is 12.9. The van der Waals surface area contributed by atoms with Gasteiger partial charge in [0.25, 0.3) is 5.91 Å². The highest BCUT2D eigenvalue weighted by Gasteiger charge is 2.41. The second-order valence-corrected chi connectivity index (χ2v) is 5.97. The van der Waals surface area contributed by atoms with Crippen LogP contribution in [0.4, 0.5) is 5.69 Å². The number of hydrogen-bond acceptors (Lipinski definition) is 5. The Bertz CT molecular complexity index is 497. The van der Waals surface area contributed by atoms with Gasteiger partial charge in [0.2, 0.25) is 0 Å². The van der Waals surface area contributed by atoms with Crippen molar-refractivity contribution in [2.75, 3.05) is 38.7 Å². The van der Waals surface area contributed by atoms with Crippen molar-refractivity contribution in [3.8, 4) is 0 Å². The highest BCUT2D eigenvalue weighted by Crippen LogP contribution is 2.33. The number of rotatable bonds is 5. The maximum Gasteiger partial charge on any atom is 0.253 e. The summed E-state index contributed by atoms with van der Waals surface area (Å²) < 4.78 is 11.1. The van der Waals surface area contributed by atoms with Crippen molar-refractivity contribution in [3.63, 3.8) is 0 Å². The molecule has 1 amide bonds. The molecule has 0 aliphatic carbocycles. The molecule has 2 aliphatic rings. The molecule has 2 fully saturated rings. The summed E-state index contributed by atoms with van der Waals surface area (Å²) >= 11 is 0. The predicted octanol–water partition coefficient (Wildman–Crippen LogP) is 1.15. The molecule has 120 valence electrons. The number of nitrogens with zero attached hydrogens (tertiary/aromatic N) is 2. The van der Waals surface area contributed by atoms with Gasteiger partial charge in [0.05, 0.1) is 24.6 Å². The number of likely N-dealkylation sites (tertiary alicyclic amines) is 1. The zero-order valence-corrected chi connectivity index (χ0v) is 12.9. The molecule has 3 heterocycles. The lowest BCUT2D eigenvalue weighted by molar-refractivity contribution is -0.127. The number of pyridine rings is 1. The van der Waals surface area contributed by atoms with Crippen molar-refractivity contribution in [1.29, 1.82) is 0 Å². The second-order valence-electron chi connectivity index (χ2n) is 5.97. The smallest absolute Gasteiger partial charge is 0.253 e. The van der Waals surface area contributed by atoms with Gasteiger partial charge in [0.1, 0.15) is 6.10 Å². The van der Waals surface area contributed by atoms with Crippen LogP contribution in [0.2, 0.25) is 0 Å². The fourth-order valence-corrected chi connectivity index (χ4v) is 3.25. The largest absolute Gasteiger partial charge is 0.383 e. The quantitative estimate of drug-likeness (QED) is 0.884. The third kappa shape index (κ3) is 3.63. The molecule has 6 nitrogen and oxygen atoms in total. The van der Waals surface area contributed by atoms with E-state index in [1.165, 1.54) is 0 Å². The molecule has 0 unspecified atom stereocenters. The van der Waals surface area contributed by atoms with Gasteiger partial charge in [-0.05, 0) is 37.4 Å². The SMILES string of the molecule is COCCN1CC[C@H]2C[C@@H](C(=O)Nc3cccnc3)O[C@@H]2C1. The first-order chi connectivity index (χ1) is 10.8. The summed E-state index contributed by atoms with van der Waals surface area (Å²) in [5.74, 6) is 0.425. The Morgan fingerprint density at radius 2 is 2.50 bits per heavy atom. The number of hydrogen-bond donors (Lipinski definition) is 1. The third-order valence-electron chi connectivity index (χ3n) is 4.47. The monoisotopic (exact) mass is 305 g/mol. The summed E-state index contributed by atoms with van der Waals surface area (Å²) in [6.07, 6.45) is 5.05. The number of aromatic nitrogens is 1. The zero-order chi connectivity index (χ0) is 15.4. The van der Waals surface area contributed by atoms with Crippen LogP contribution in [0.5, 0.6) is 0 Å². The fraction of sp³-hybridized carbons (Fsp3) is 0.625. The number of carbonyl (C=O) groups excluding carboxylic acids is 1. The molecule has 3 rings (SSSR count). The van der Waals surface area contributed by atoms with Crippen molar-refractivity contribution < 1.29 is 14.3 Å². The molecule has 22 heavy (non-hydrogen) atoms. The molecule has 2 saturated heterocycles. The Morgan fingerprint density at radius 3 is 3.27 bits per heavy atom. The van der Waals surface area contributed by atoms with Gasteiger partial charge in [-0.3, -0.25) is 14.7 Å². The van der Waals surface area contributed by atoms with E-state index in [2.05, 4.69) is 15.2 Å². The second kappa shape index (κ2) is 7.17. The average Bonchev–Trinajstić information content (AvgIpc) is 2.97. The first-order valence-electron chi connectivity index (χ1n) is 7.84. The number of ether oxygens (including phenoxy) is 2. The Hall–Kier alpha value is -1.50. The van der Waals surface area contributed by atoms with E-state index in [4.69, 9.17) is 9.47 Å². The van der Waals surface area contributed by atoms with Crippen molar-refractivity contribution in [2.24, 2.45) is 5.92 Å². The molecule has 0 spiro atoms. The van der Waals surface area contributed by atoms with Crippen LogP contribution in [0.25, 0.3) is 0 Å². The lowest BCUT2D eigenvalue weighted by atomic mass is 9.91. The van der Waals surface area contributed by atoms with Crippen molar-refractivity contribution in [2.45, 2.75) is 25.0 Å². The van der Waals surface area contributed by atoms with Gasteiger partial charge in [-0.15, -0.1) is 0 Å². The molecular weight excluding hydrogens is 282 g/mol. The number of nitrogens with one attached hydrogen (secondary N) is 1. The van der Waals surface area contributed by atoms with E-state index in [9.17, 15) is 4.79 Å². The van der Waals surface area contributed by atoms with Crippen LogP contribution in [0.15, 0.2) is 24.5 Å². The number of amides is 1. The van der Waals surface area contributed by atoms with Crippen LogP contribution in [0.3, 0.4) is 0 Å². The van der Waals surface area contributed by atoms with Gasteiger partial charge in [-0.25, -0.2) is 0 Å². The number of anilines is 1. The Balaban J connectivity index is 1.52. The molecule has 3 atom stereocenters. The highest BCUT2D eigenvalue weighted by molar-refractivity contribution is 5.94. The minimum Gasteiger partial charge on any atom is -0.383 e. The van der Waals surface area contributed by atoms with Crippen LogP contribution in [0, 0.1) is 5.92 Å². The van der Waals surface area contributed by atoms with Crippen molar-refractivity contribution >= 4 is 11.6 Å². The number of fused-ring (bicyclic) bond motifs is 1. The number of carbonyl (C=O) groups is 1.